The molecule has 0 atom stereocenters. The van der Waals surface area contributed by atoms with Crippen molar-refractivity contribution in [3.63, 3.8) is 0 Å². The van der Waals surface area contributed by atoms with Crippen molar-refractivity contribution < 1.29 is 14.3 Å². The van der Waals surface area contributed by atoms with E-state index in [-0.39, 0.29) is 0 Å². The maximum atomic E-state index is 11.1. The Labute approximate surface area is 114 Å². The monoisotopic (exact) mass is 263 g/mol. The van der Waals surface area contributed by atoms with Gasteiger partial charge in [0.05, 0.1) is 7.11 Å². The van der Waals surface area contributed by atoms with Crippen LogP contribution in [0, 0.1) is 0 Å². The van der Waals surface area contributed by atoms with Gasteiger partial charge < -0.3 is 10.1 Å². The number of ether oxygens (including phenoxy) is 1. The molecule has 0 saturated heterocycles. The highest BCUT2D eigenvalue weighted by molar-refractivity contribution is 6.35. The van der Waals surface area contributed by atoms with E-state index in [9.17, 15) is 9.59 Å². The fraction of sp³-hybridized carbons (Fsp3) is 0.467. The van der Waals surface area contributed by atoms with Crippen molar-refractivity contribution in [2.24, 2.45) is 0 Å². The molecule has 19 heavy (non-hydrogen) atoms. The predicted molar refractivity (Wildman–Crippen MR) is 74.5 cm³/mol. The normalized spacial score (nSPS) is 10.4. The van der Waals surface area contributed by atoms with Gasteiger partial charge in [-0.05, 0) is 29.5 Å². The van der Waals surface area contributed by atoms with Crippen molar-refractivity contribution in [1.82, 2.24) is 5.32 Å². The van der Waals surface area contributed by atoms with Gasteiger partial charge in [-0.1, -0.05) is 26.0 Å². The van der Waals surface area contributed by atoms with E-state index in [0.29, 0.717) is 18.9 Å². The van der Waals surface area contributed by atoms with Gasteiger partial charge in [0.2, 0.25) is 5.78 Å². The first-order valence-corrected chi connectivity index (χ1v) is 6.41. The van der Waals surface area contributed by atoms with E-state index < -0.39 is 11.7 Å². The second-order valence-electron chi connectivity index (χ2n) is 4.79. The van der Waals surface area contributed by atoms with Crippen LogP contribution in [-0.2, 0) is 16.0 Å². The first-order chi connectivity index (χ1) is 8.95. The standard InChI is InChI=1S/C15H21NO3/c1-10(2)13-9-12(5-6-14(13)19-4)7-8-16-15(18)11(3)17/h5-6,9-10H,7-8H2,1-4H3,(H,16,18). The van der Waals surface area contributed by atoms with Gasteiger partial charge in [-0.3, -0.25) is 9.59 Å². The summed E-state index contributed by atoms with van der Waals surface area (Å²) in [5.74, 6) is 0.267. The molecular weight excluding hydrogens is 242 g/mol. The third kappa shape index (κ3) is 4.39. The van der Waals surface area contributed by atoms with Crippen molar-refractivity contribution in [3.8, 4) is 5.75 Å². The number of benzene rings is 1. The number of Topliss-reactive ketones (excluding diaryl/α,β-unsaturated/α-hetero) is 1. The van der Waals surface area contributed by atoms with E-state index in [1.807, 2.05) is 12.1 Å². The maximum Gasteiger partial charge on any atom is 0.287 e. The van der Waals surface area contributed by atoms with E-state index in [2.05, 4.69) is 25.2 Å². The van der Waals surface area contributed by atoms with Gasteiger partial charge in [0.25, 0.3) is 5.91 Å². The SMILES string of the molecule is COc1ccc(CCNC(=O)C(C)=O)cc1C(C)C. The second-order valence-corrected chi connectivity index (χ2v) is 4.79. The van der Waals surface area contributed by atoms with Crippen LogP contribution in [0.15, 0.2) is 18.2 Å². The minimum Gasteiger partial charge on any atom is -0.496 e. The van der Waals surface area contributed by atoms with Gasteiger partial charge in [0, 0.05) is 13.5 Å². The lowest BCUT2D eigenvalue weighted by Gasteiger charge is -2.13. The molecule has 1 aromatic carbocycles. The maximum absolute atomic E-state index is 11.1. The molecule has 0 spiro atoms. The molecule has 0 unspecified atom stereocenters. The molecule has 104 valence electrons. The minimum absolute atomic E-state index is 0.377. The summed E-state index contributed by atoms with van der Waals surface area (Å²) in [5.41, 5.74) is 2.27. The Morgan fingerprint density at radius 3 is 2.53 bits per heavy atom. The van der Waals surface area contributed by atoms with Gasteiger partial charge in [-0.15, -0.1) is 0 Å². The van der Waals surface area contributed by atoms with Crippen LogP contribution in [0.5, 0.6) is 5.75 Å². The summed E-state index contributed by atoms with van der Waals surface area (Å²) in [4.78, 5) is 21.9. The molecule has 1 rings (SSSR count). The van der Waals surface area contributed by atoms with E-state index in [1.54, 1.807) is 7.11 Å². The lowest BCUT2D eigenvalue weighted by Crippen LogP contribution is -2.30. The van der Waals surface area contributed by atoms with Gasteiger partial charge in [-0.2, -0.15) is 0 Å². The van der Waals surface area contributed by atoms with Gasteiger partial charge in [0.15, 0.2) is 0 Å². The van der Waals surface area contributed by atoms with Crippen LogP contribution in [-0.4, -0.2) is 25.3 Å². The summed E-state index contributed by atoms with van der Waals surface area (Å²) in [6.45, 7) is 5.94. The number of carbonyl (C=O) groups excluding carboxylic acids is 2. The van der Waals surface area contributed by atoms with Gasteiger partial charge in [-0.25, -0.2) is 0 Å². The fourth-order valence-corrected chi connectivity index (χ4v) is 1.84. The number of methoxy groups -OCH3 is 1. The van der Waals surface area contributed by atoms with Gasteiger partial charge >= 0.3 is 0 Å². The number of hydrogen-bond donors (Lipinski definition) is 1. The molecule has 0 aliphatic rings. The Morgan fingerprint density at radius 1 is 1.32 bits per heavy atom. The first-order valence-electron chi connectivity index (χ1n) is 6.41. The number of rotatable bonds is 6. The summed E-state index contributed by atoms with van der Waals surface area (Å²) >= 11 is 0. The van der Waals surface area contributed by atoms with Crippen LogP contribution in [0.1, 0.15) is 37.8 Å². The molecule has 0 aliphatic carbocycles. The van der Waals surface area contributed by atoms with Crippen LogP contribution in [0.2, 0.25) is 0 Å². The lowest BCUT2D eigenvalue weighted by molar-refractivity contribution is -0.136. The van der Waals surface area contributed by atoms with Crippen molar-refractivity contribution in [1.29, 1.82) is 0 Å². The summed E-state index contributed by atoms with van der Waals surface area (Å²) in [6, 6.07) is 6.01. The van der Waals surface area contributed by atoms with Crippen LogP contribution < -0.4 is 10.1 Å². The van der Waals surface area contributed by atoms with Crippen molar-refractivity contribution in [2.75, 3.05) is 13.7 Å². The largest absolute Gasteiger partial charge is 0.496 e. The number of amides is 1. The van der Waals surface area contributed by atoms with Crippen LogP contribution in [0.4, 0.5) is 0 Å². The molecule has 0 aromatic heterocycles. The van der Waals surface area contributed by atoms with Crippen molar-refractivity contribution in [3.05, 3.63) is 29.3 Å². The molecule has 0 fully saturated rings. The Hall–Kier alpha value is -1.84. The molecular formula is C15H21NO3. The van der Waals surface area contributed by atoms with Crippen molar-refractivity contribution in [2.45, 2.75) is 33.1 Å². The molecule has 4 heteroatoms. The predicted octanol–water partition coefficient (Wildman–Crippen LogP) is 2.07. The number of hydrogen-bond acceptors (Lipinski definition) is 3. The number of carbonyl (C=O) groups is 2. The molecule has 0 radical (unpaired) electrons. The molecule has 0 saturated carbocycles. The quantitative estimate of drug-likeness (QED) is 0.799. The zero-order chi connectivity index (χ0) is 14.4. The summed E-state index contributed by atoms with van der Waals surface area (Å²) < 4.78 is 5.32. The minimum atomic E-state index is -0.530. The highest BCUT2D eigenvalue weighted by Gasteiger charge is 2.09. The van der Waals surface area contributed by atoms with Gasteiger partial charge in [0.1, 0.15) is 5.75 Å². The first kappa shape index (κ1) is 15.2. The molecule has 0 aliphatic heterocycles. The zero-order valence-corrected chi connectivity index (χ0v) is 11.9. The Kier molecular flexibility index (Phi) is 5.55. The van der Waals surface area contributed by atoms with E-state index >= 15 is 0 Å². The van der Waals surface area contributed by atoms with Crippen LogP contribution >= 0.6 is 0 Å². The second kappa shape index (κ2) is 6.92. The molecule has 0 bridgehead atoms. The smallest absolute Gasteiger partial charge is 0.287 e. The zero-order valence-electron chi connectivity index (χ0n) is 11.9. The summed E-state index contributed by atoms with van der Waals surface area (Å²) in [7, 11) is 1.66. The van der Waals surface area contributed by atoms with E-state index in [4.69, 9.17) is 4.74 Å². The number of nitrogens with one attached hydrogen (secondary N) is 1. The summed E-state index contributed by atoms with van der Waals surface area (Å²) in [5, 5.41) is 2.59. The van der Waals surface area contributed by atoms with Crippen molar-refractivity contribution >= 4 is 11.7 Å². The third-order valence-corrected chi connectivity index (χ3v) is 2.94. The Bertz CT molecular complexity index is 466. The van der Waals surface area contributed by atoms with E-state index in [0.717, 1.165) is 16.9 Å². The average molecular weight is 263 g/mol. The van der Waals surface area contributed by atoms with Crippen LogP contribution in [0.3, 0.4) is 0 Å². The molecule has 0 heterocycles. The average Bonchev–Trinajstić information content (AvgIpc) is 2.38. The lowest BCUT2D eigenvalue weighted by atomic mass is 9.98. The molecule has 1 N–H and O–H groups in total. The molecule has 1 amide bonds. The topological polar surface area (TPSA) is 55.4 Å². The summed E-state index contributed by atoms with van der Waals surface area (Å²) in [6.07, 6.45) is 0.697. The highest BCUT2D eigenvalue weighted by atomic mass is 16.5. The van der Waals surface area contributed by atoms with Crippen LogP contribution in [0.25, 0.3) is 0 Å². The number of ketones is 1. The molecule has 4 nitrogen and oxygen atoms in total. The fourth-order valence-electron chi connectivity index (χ4n) is 1.84. The van der Waals surface area contributed by atoms with E-state index in [1.165, 1.54) is 6.92 Å². The Balaban J connectivity index is 2.67. The highest BCUT2D eigenvalue weighted by Crippen LogP contribution is 2.27. The molecule has 1 aromatic rings. The third-order valence-electron chi connectivity index (χ3n) is 2.94. The Morgan fingerprint density at radius 2 is 2.00 bits per heavy atom.